The lowest BCUT2D eigenvalue weighted by molar-refractivity contribution is -0.138. The van der Waals surface area contributed by atoms with Crippen molar-refractivity contribution in [3.05, 3.63) is 48.5 Å². The third-order valence-corrected chi connectivity index (χ3v) is 6.36. The number of anilines is 1. The van der Waals surface area contributed by atoms with Crippen molar-refractivity contribution in [2.45, 2.75) is 38.5 Å². The molecule has 2 fully saturated rings. The molecular formula is C25H30N2O3. The lowest BCUT2D eigenvalue weighted by atomic mass is 9.95. The maximum atomic E-state index is 12.8. The van der Waals surface area contributed by atoms with Crippen LogP contribution in [0.5, 0.6) is 5.75 Å². The average Bonchev–Trinajstić information content (AvgIpc) is 3.34. The molecule has 5 heteroatoms. The van der Waals surface area contributed by atoms with Crippen LogP contribution in [0.2, 0.25) is 0 Å². The summed E-state index contributed by atoms with van der Waals surface area (Å²) in [5.41, 5.74) is 2.92. The van der Waals surface area contributed by atoms with Crippen molar-refractivity contribution < 1.29 is 14.3 Å². The molecule has 1 aliphatic carbocycles. The van der Waals surface area contributed by atoms with Gasteiger partial charge in [0, 0.05) is 24.7 Å². The normalized spacial score (nSPS) is 19.5. The maximum absolute atomic E-state index is 12.8. The molecule has 30 heavy (non-hydrogen) atoms. The van der Waals surface area contributed by atoms with Crippen LogP contribution in [-0.2, 0) is 9.59 Å². The molecule has 0 spiro atoms. The zero-order valence-corrected chi connectivity index (χ0v) is 17.6. The molecule has 5 nitrogen and oxygen atoms in total. The molecule has 1 saturated carbocycles. The van der Waals surface area contributed by atoms with Crippen LogP contribution >= 0.6 is 0 Å². The molecule has 0 radical (unpaired) electrons. The molecule has 4 rings (SSSR count). The molecule has 1 unspecified atom stereocenters. The molecule has 2 amide bonds. The zero-order chi connectivity index (χ0) is 20.9. The number of carbonyl (C=O) groups is 2. The van der Waals surface area contributed by atoms with Crippen LogP contribution in [0.25, 0.3) is 11.1 Å². The number of nitrogens with zero attached hydrogens (tertiary/aromatic N) is 1. The summed E-state index contributed by atoms with van der Waals surface area (Å²) in [6.45, 7) is 1.33. The molecule has 1 aliphatic heterocycles. The largest absolute Gasteiger partial charge is 0.497 e. The highest BCUT2D eigenvalue weighted by Gasteiger charge is 2.32. The number of likely N-dealkylation sites (tertiary alicyclic amines) is 1. The number of hydrogen-bond donors (Lipinski definition) is 1. The molecule has 158 valence electrons. The van der Waals surface area contributed by atoms with E-state index in [0.29, 0.717) is 6.54 Å². The Hall–Kier alpha value is -2.82. The smallest absolute Gasteiger partial charge is 0.229 e. The molecule has 0 aromatic heterocycles. The van der Waals surface area contributed by atoms with Gasteiger partial charge in [-0.15, -0.1) is 0 Å². The van der Waals surface area contributed by atoms with Crippen LogP contribution < -0.4 is 10.1 Å². The Morgan fingerprint density at radius 3 is 2.40 bits per heavy atom. The highest BCUT2D eigenvalue weighted by atomic mass is 16.5. The van der Waals surface area contributed by atoms with Gasteiger partial charge in [0.2, 0.25) is 11.8 Å². The molecule has 2 aromatic carbocycles. The Balaban J connectivity index is 1.36. The van der Waals surface area contributed by atoms with Gasteiger partial charge in [-0.25, -0.2) is 0 Å². The minimum Gasteiger partial charge on any atom is -0.497 e. The van der Waals surface area contributed by atoms with E-state index >= 15 is 0 Å². The fourth-order valence-electron chi connectivity index (χ4n) is 4.62. The quantitative estimate of drug-likeness (QED) is 0.781. The van der Waals surface area contributed by atoms with Gasteiger partial charge in [0.15, 0.2) is 0 Å². The molecule has 2 aliphatic rings. The summed E-state index contributed by atoms with van der Waals surface area (Å²) < 4.78 is 5.29. The Kier molecular flexibility index (Phi) is 6.36. The Morgan fingerprint density at radius 1 is 0.933 bits per heavy atom. The third-order valence-electron chi connectivity index (χ3n) is 6.36. The summed E-state index contributed by atoms with van der Waals surface area (Å²) in [4.78, 5) is 27.5. The van der Waals surface area contributed by atoms with E-state index in [1.165, 1.54) is 0 Å². The van der Waals surface area contributed by atoms with E-state index in [-0.39, 0.29) is 23.7 Å². The molecule has 0 bridgehead atoms. The number of ether oxygens (including phenoxy) is 1. The highest BCUT2D eigenvalue weighted by molar-refractivity contribution is 5.93. The minimum atomic E-state index is -0.137. The Morgan fingerprint density at radius 2 is 1.67 bits per heavy atom. The first kappa shape index (κ1) is 20.5. The first-order valence-electron chi connectivity index (χ1n) is 11.0. The number of hydrogen-bond acceptors (Lipinski definition) is 3. The van der Waals surface area contributed by atoms with Crippen molar-refractivity contribution in [1.82, 2.24) is 4.90 Å². The van der Waals surface area contributed by atoms with Crippen molar-refractivity contribution in [2.24, 2.45) is 11.8 Å². The van der Waals surface area contributed by atoms with Gasteiger partial charge in [0.05, 0.1) is 13.0 Å². The summed E-state index contributed by atoms with van der Waals surface area (Å²) in [5, 5.41) is 3.04. The second-order valence-corrected chi connectivity index (χ2v) is 8.40. The predicted octanol–water partition coefficient (Wildman–Crippen LogP) is 4.73. The van der Waals surface area contributed by atoms with E-state index in [1.54, 1.807) is 7.11 Å². The summed E-state index contributed by atoms with van der Waals surface area (Å²) in [6.07, 6.45) is 6.05. The van der Waals surface area contributed by atoms with Gasteiger partial charge in [-0.1, -0.05) is 37.1 Å². The standard InChI is InChI=1S/C25H30N2O3/c1-30-23-10-4-8-20(16-23)18-11-13-22(14-12-18)26-24(28)21-9-5-15-27(17-21)25(29)19-6-2-3-7-19/h4,8,10-14,16,19,21H,2-3,5-7,9,15,17H2,1H3,(H,26,28). The van der Waals surface area contributed by atoms with Crippen molar-refractivity contribution in [1.29, 1.82) is 0 Å². The molecule has 1 heterocycles. The average molecular weight is 407 g/mol. The van der Waals surface area contributed by atoms with Gasteiger partial charge in [-0.3, -0.25) is 9.59 Å². The minimum absolute atomic E-state index is 0.00746. The SMILES string of the molecule is COc1cccc(-c2ccc(NC(=O)C3CCCN(C(=O)C4CCCC4)C3)cc2)c1. The predicted molar refractivity (Wildman–Crippen MR) is 118 cm³/mol. The number of carbonyl (C=O) groups excluding carboxylic acids is 2. The number of piperidine rings is 1. The topological polar surface area (TPSA) is 58.6 Å². The van der Waals surface area contributed by atoms with Crippen LogP contribution in [0.15, 0.2) is 48.5 Å². The van der Waals surface area contributed by atoms with Crippen LogP contribution in [0.1, 0.15) is 38.5 Å². The number of benzene rings is 2. The van der Waals surface area contributed by atoms with E-state index in [1.807, 2.05) is 53.4 Å². The van der Waals surface area contributed by atoms with E-state index in [2.05, 4.69) is 5.32 Å². The summed E-state index contributed by atoms with van der Waals surface area (Å²) in [6, 6.07) is 15.8. The summed E-state index contributed by atoms with van der Waals surface area (Å²) in [7, 11) is 1.66. The van der Waals surface area contributed by atoms with Gasteiger partial charge in [0.25, 0.3) is 0 Å². The van der Waals surface area contributed by atoms with Gasteiger partial charge in [0.1, 0.15) is 5.75 Å². The van der Waals surface area contributed by atoms with Crippen LogP contribution in [0.3, 0.4) is 0 Å². The van der Waals surface area contributed by atoms with Crippen molar-refractivity contribution in [3.63, 3.8) is 0 Å². The summed E-state index contributed by atoms with van der Waals surface area (Å²) >= 11 is 0. The van der Waals surface area contributed by atoms with Crippen molar-refractivity contribution in [3.8, 4) is 16.9 Å². The van der Waals surface area contributed by atoms with Crippen LogP contribution in [0, 0.1) is 11.8 Å². The highest BCUT2D eigenvalue weighted by Crippen LogP contribution is 2.29. The van der Waals surface area contributed by atoms with Crippen LogP contribution in [-0.4, -0.2) is 36.9 Å². The van der Waals surface area contributed by atoms with E-state index in [4.69, 9.17) is 4.74 Å². The van der Waals surface area contributed by atoms with Crippen LogP contribution in [0.4, 0.5) is 5.69 Å². The fourth-order valence-corrected chi connectivity index (χ4v) is 4.62. The van der Waals surface area contributed by atoms with Crippen molar-refractivity contribution in [2.75, 3.05) is 25.5 Å². The molecule has 1 atom stereocenters. The molecule has 1 saturated heterocycles. The number of amides is 2. The molecule has 2 aromatic rings. The maximum Gasteiger partial charge on any atom is 0.229 e. The first-order valence-corrected chi connectivity index (χ1v) is 11.0. The number of nitrogens with one attached hydrogen (secondary N) is 1. The van der Waals surface area contributed by atoms with Crippen molar-refractivity contribution >= 4 is 17.5 Å². The second kappa shape index (κ2) is 9.33. The van der Waals surface area contributed by atoms with Gasteiger partial charge >= 0.3 is 0 Å². The first-order chi connectivity index (χ1) is 14.6. The van der Waals surface area contributed by atoms with Gasteiger partial charge < -0.3 is 15.0 Å². The van der Waals surface area contributed by atoms with E-state index in [0.717, 1.165) is 67.6 Å². The Labute approximate surface area is 178 Å². The van der Waals surface area contributed by atoms with Gasteiger partial charge in [-0.05, 0) is 61.1 Å². The number of methoxy groups -OCH3 is 1. The molecular weight excluding hydrogens is 376 g/mol. The lowest BCUT2D eigenvalue weighted by Crippen LogP contribution is -2.45. The zero-order valence-electron chi connectivity index (χ0n) is 17.6. The molecule has 1 N–H and O–H groups in total. The lowest BCUT2D eigenvalue weighted by Gasteiger charge is -2.33. The summed E-state index contributed by atoms with van der Waals surface area (Å²) in [5.74, 6) is 1.12. The van der Waals surface area contributed by atoms with E-state index in [9.17, 15) is 9.59 Å². The second-order valence-electron chi connectivity index (χ2n) is 8.40. The van der Waals surface area contributed by atoms with E-state index < -0.39 is 0 Å². The van der Waals surface area contributed by atoms with Gasteiger partial charge in [-0.2, -0.15) is 0 Å². The Bertz CT molecular complexity index is 888. The fraction of sp³-hybridized carbons (Fsp3) is 0.440. The third kappa shape index (κ3) is 4.66. The number of rotatable bonds is 5. The monoisotopic (exact) mass is 406 g/mol.